The zero-order valence-electron chi connectivity index (χ0n) is 7.90. The molecule has 2 aromatic rings. The summed E-state index contributed by atoms with van der Waals surface area (Å²) < 4.78 is 15.2. The molecule has 0 saturated carbocycles. The lowest BCUT2D eigenvalue weighted by atomic mass is 10.7. The summed E-state index contributed by atoms with van der Waals surface area (Å²) in [6.07, 6.45) is 0. The lowest BCUT2D eigenvalue weighted by Crippen LogP contribution is -1.68. The van der Waals surface area contributed by atoms with Crippen molar-refractivity contribution in [2.75, 3.05) is 0 Å². The summed E-state index contributed by atoms with van der Waals surface area (Å²) in [6, 6.07) is 0. The largest absolute Gasteiger partial charge is 0.440 e. The van der Waals surface area contributed by atoms with Crippen LogP contribution in [0, 0.1) is 0 Å². The highest BCUT2D eigenvalue weighted by Gasteiger charge is 2.20. The lowest BCUT2D eigenvalue weighted by molar-refractivity contribution is 0.509. The number of hydrogen-bond donors (Lipinski definition) is 0. The predicted octanol–water partition coefficient (Wildman–Crippen LogP) is 8.25. The first-order valence-corrected chi connectivity index (χ1v) is 10.9. The van der Waals surface area contributed by atoms with E-state index in [0.717, 1.165) is 18.7 Å². The number of rotatable bonds is 3. The third-order valence-corrected chi connectivity index (χ3v) is 9.97. The van der Waals surface area contributed by atoms with Gasteiger partial charge in [0.15, 0.2) is 18.7 Å². The van der Waals surface area contributed by atoms with Crippen LogP contribution in [0.4, 0.5) is 0 Å². The molecule has 0 aliphatic rings. The molecule has 0 atom stereocenters. The summed E-state index contributed by atoms with van der Waals surface area (Å²) in [7, 11) is 3.10. The van der Waals surface area contributed by atoms with Crippen molar-refractivity contribution >= 4 is 117 Å². The Bertz CT molecular complexity index is 541. The van der Waals surface area contributed by atoms with E-state index in [9.17, 15) is 0 Å². The standard InChI is InChI=1S/C8Br6O2S2/c9-1-3(7(13)15-5(1)11)17-18-4-2(10)6(12)16-8(4)14. The van der Waals surface area contributed by atoms with Crippen molar-refractivity contribution in [3.8, 4) is 0 Å². The van der Waals surface area contributed by atoms with Gasteiger partial charge in [-0.2, -0.15) is 0 Å². The van der Waals surface area contributed by atoms with Gasteiger partial charge in [-0.1, -0.05) is 0 Å². The second kappa shape index (κ2) is 6.93. The number of halogens is 6. The molecule has 0 unspecified atom stereocenters. The summed E-state index contributed by atoms with van der Waals surface area (Å²) in [5, 5.41) is 0. The van der Waals surface area contributed by atoms with Gasteiger partial charge in [-0.05, 0) is 117 Å². The van der Waals surface area contributed by atoms with E-state index in [-0.39, 0.29) is 0 Å². The van der Waals surface area contributed by atoms with Crippen LogP contribution in [0.3, 0.4) is 0 Å². The second-order valence-corrected chi connectivity index (χ2v) is 9.37. The first-order chi connectivity index (χ1) is 8.41. The molecule has 2 rings (SSSR count). The summed E-state index contributed by atoms with van der Waals surface area (Å²) >= 11 is 20.3. The minimum Gasteiger partial charge on any atom is -0.440 e. The molecule has 0 aliphatic carbocycles. The van der Waals surface area contributed by atoms with Gasteiger partial charge >= 0.3 is 0 Å². The number of hydrogen-bond acceptors (Lipinski definition) is 4. The van der Waals surface area contributed by atoms with E-state index < -0.39 is 0 Å². The zero-order chi connectivity index (χ0) is 13.4. The van der Waals surface area contributed by atoms with Crippen molar-refractivity contribution in [2.24, 2.45) is 0 Å². The Balaban J connectivity index is 2.21. The van der Waals surface area contributed by atoms with Crippen LogP contribution in [0.15, 0.2) is 46.2 Å². The van der Waals surface area contributed by atoms with Gasteiger partial charge in [0.2, 0.25) is 0 Å². The minimum absolute atomic E-state index is 0.656. The van der Waals surface area contributed by atoms with E-state index in [1.54, 1.807) is 21.6 Å². The van der Waals surface area contributed by atoms with Crippen LogP contribution >= 0.6 is 117 Å². The Morgan fingerprint density at radius 3 is 1.11 bits per heavy atom. The molecule has 0 aliphatic heterocycles. The van der Waals surface area contributed by atoms with Crippen molar-refractivity contribution in [3.05, 3.63) is 27.6 Å². The molecule has 0 radical (unpaired) electrons. The van der Waals surface area contributed by atoms with Crippen LogP contribution in [-0.2, 0) is 0 Å². The lowest BCUT2D eigenvalue weighted by Gasteiger charge is -1.98. The third-order valence-electron chi connectivity index (χ3n) is 1.67. The fraction of sp³-hybridized carbons (Fsp3) is 0. The van der Waals surface area contributed by atoms with Gasteiger partial charge in [0.05, 0.1) is 18.7 Å². The van der Waals surface area contributed by atoms with Crippen LogP contribution in [0.25, 0.3) is 0 Å². The fourth-order valence-electron chi connectivity index (χ4n) is 0.913. The van der Waals surface area contributed by atoms with Gasteiger partial charge in [0.25, 0.3) is 0 Å². The molecule has 0 N–H and O–H groups in total. The van der Waals surface area contributed by atoms with Gasteiger partial charge in [-0.15, -0.1) is 0 Å². The Morgan fingerprint density at radius 1 is 0.556 bits per heavy atom. The highest BCUT2D eigenvalue weighted by atomic mass is 79.9. The highest BCUT2D eigenvalue weighted by molar-refractivity contribution is 9.13. The first kappa shape index (κ1) is 16.5. The molecule has 2 nitrogen and oxygen atoms in total. The molecule has 0 aromatic carbocycles. The van der Waals surface area contributed by atoms with Gasteiger partial charge in [-0.25, -0.2) is 0 Å². The van der Waals surface area contributed by atoms with Crippen molar-refractivity contribution < 1.29 is 8.83 Å². The van der Waals surface area contributed by atoms with E-state index in [2.05, 4.69) is 95.6 Å². The minimum atomic E-state index is 0.656. The smallest absolute Gasteiger partial charge is 0.186 e. The molecule has 0 bridgehead atoms. The van der Waals surface area contributed by atoms with Crippen LogP contribution in [-0.4, -0.2) is 0 Å². The van der Waals surface area contributed by atoms with Gasteiger partial charge < -0.3 is 8.83 Å². The molecular formula is C8Br6O2S2. The summed E-state index contributed by atoms with van der Waals surface area (Å²) in [4.78, 5) is 1.92. The molecule has 0 saturated heterocycles. The van der Waals surface area contributed by atoms with Crippen molar-refractivity contribution in [1.29, 1.82) is 0 Å². The maximum atomic E-state index is 5.40. The molecule has 2 heterocycles. The van der Waals surface area contributed by atoms with Crippen LogP contribution in [0.5, 0.6) is 0 Å². The van der Waals surface area contributed by atoms with Crippen molar-refractivity contribution in [1.82, 2.24) is 0 Å². The fourth-order valence-corrected chi connectivity index (χ4v) is 8.53. The van der Waals surface area contributed by atoms with Crippen molar-refractivity contribution in [3.63, 3.8) is 0 Å². The summed E-state index contributed by atoms with van der Waals surface area (Å²) in [5.74, 6) is 0. The normalized spacial score (nSPS) is 11.2. The van der Waals surface area contributed by atoms with Crippen LogP contribution < -0.4 is 0 Å². The Kier molecular flexibility index (Phi) is 6.36. The molecule has 2 aromatic heterocycles. The average molecular weight is 672 g/mol. The van der Waals surface area contributed by atoms with E-state index >= 15 is 0 Å². The quantitative estimate of drug-likeness (QED) is 0.307. The van der Waals surface area contributed by atoms with Crippen molar-refractivity contribution in [2.45, 2.75) is 9.79 Å². The average Bonchev–Trinajstić information content (AvgIpc) is 2.67. The molecule has 98 valence electrons. The molecule has 18 heavy (non-hydrogen) atoms. The molecule has 0 spiro atoms. The Labute approximate surface area is 161 Å². The van der Waals surface area contributed by atoms with E-state index in [0.29, 0.717) is 18.7 Å². The predicted molar refractivity (Wildman–Crippen MR) is 95.3 cm³/mol. The van der Waals surface area contributed by atoms with Gasteiger partial charge in [0.1, 0.15) is 0 Å². The number of furan rings is 2. The zero-order valence-corrected chi connectivity index (χ0v) is 19.0. The second-order valence-electron chi connectivity index (χ2n) is 2.75. The first-order valence-electron chi connectivity index (χ1n) is 4.03. The molecule has 10 heteroatoms. The molecular weight excluding hydrogens is 672 g/mol. The SMILES string of the molecule is Brc1oc(Br)c(SSc2c(Br)oc(Br)c2Br)c1Br. The highest BCUT2D eigenvalue weighted by Crippen LogP contribution is 2.52. The Morgan fingerprint density at radius 2 is 0.889 bits per heavy atom. The topological polar surface area (TPSA) is 26.3 Å². The molecule has 0 amide bonds. The van der Waals surface area contributed by atoms with Crippen LogP contribution in [0.2, 0.25) is 0 Å². The summed E-state index contributed by atoms with van der Waals surface area (Å²) in [6.45, 7) is 0. The van der Waals surface area contributed by atoms with E-state index in [1.807, 2.05) is 0 Å². The Hall–Kier alpha value is 2.14. The maximum absolute atomic E-state index is 5.40. The summed E-state index contributed by atoms with van der Waals surface area (Å²) in [5.41, 5.74) is 0. The molecule has 0 fully saturated rings. The van der Waals surface area contributed by atoms with Gasteiger partial charge in [-0.3, -0.25) is 0 Å². The van der Waals surface area contributed by atoms with Gasteiger partial charge in [0, 0.05) is 0 Å². The third kappa shape index (κ3) is 3.48. The monoisotopic (exact) mass is 665 g/mol. The van der Waals surface area contributed by atoms with Crippen LogP contribution in [0.1, 0.15) is 0 Å². The maximum Gasteiger partial charge on any atom is 0.186 e. The van der Waals surface area contributed by atoms with E-state index in [4.69, 9.17) is 8.83 Å². The van der Waals surface area contributed by atoms with E-state index in [1.165, 1.54) is 0 Å².